The highest BCUT2D eigenvalue weighted by Gasteiger charge is 2.11. The van der Waals surface area contributed by atoms with Crippen LogP contribution in [0, 0.1) is 0 Å². The number of carbonyl (C=O) groups is 1. The number of anilines is 1. The van der Waals surface area contributed by atoms with Crippen LogP contribution >= 0.6 is 0 Å². The smallest absolute Gasteiger partial charge is 0.335 e. The Morgan fingerprint density at radius 2 is 2.35 bits per heavy atom. The van der Waals surface area contributed by atoms with Gasteiger partial charge in [-0.2, -0.15) is 0 Å². The summed E-state index contributed by atoms with van der Waals surface area (Å²) in [7, 11) is 3.24. The normalized spacial score (nSPS) is 12.2. The van der Waals surface area contributed by atoms with Crippen molar-refractivity contribution in [1.29, 1.82) is 0 Å². The Bertz CT molecular complexity index is 383. The minimum Gasteiger partial charge on any atom is -0.478 e. The maximum atomic E-state index is 10.8. The van der Waals surface area contributed by atoms with Crippen LogP contribution in [0.3, 0.4) is 0 Å². The predicted octanol–water partition coefficient (Wildman–Crippen LogP) is 0.223. The molecule has 6 heteroatoms. The number of aliphatic hydroxyl groups excluding tert-OH is 1. The molecule has 0 aromatic carbocycles. The van der Waals surface area contributed by atoms with Crippen LogP contribution in [0.4, 0.5) is 5.82 Å². The second kappa shape index (κ2) is 6.17. The number of rotatable bonds is 6. The van der Waals surface area contributed by atoms with Crippen molar-refractivity contribution in [2.75, 3.05) is 32.2 Å². The fourth-order valence-corrected chi connectivity index (χ4v) is 1.41. The van der Waals surface area contributed by atoms with E-state index in [0.29, 0.717) is 12.4 Å². The molecule has 1 unspecified atom stereocenters. The van der Waals surface area contributed by atoms with E-state index in [1.807, 2.05) is 0 Å². The third-order valence-electron chi connectivity index (χ3n) is 2.23. The van der Waals surface area contributed by atoms with Crippen LogP contribution in [0.1, 0.15) is 10.4 Å². The third kappa shape index (κ3) is 4.01. The van der Waals surface area contributed by atoms with E-state index in [4.69, 9.17) is 9.84 Å². The molecule has 17 heavy (non-hydrogen) atoms. The summed E-state index contributed by atoms with van der Waals surface area (Å²) < 4.78 is 4.81. The summed E-state index contributed by atoms with van der Waals surface area (Å²) in [6.07, 6.45) is 0.790. The number of pyridine rings is 1. The van der Waals surface area contributed by atoms with Crippen LogP contribution in [0.25, 0.3) is 0 Å². The van der Waals surface area contributed by atoms with Crippen LogP contribution in [0.15, 0.2) is 18.3 Å². The molecule has 0 aliphatic heterocycles. The quantitative estimate of drug-likeness (QED) is 0.740. The topological polar surface area (TPSA) is 82.9 Å². The zero-order chi connectivity index (χ0) is 12.8. The minimum atomic E-state index is -1.00. The van der Waals surface area contributed by atoms with Crippen molar-refractivity contribution in [2.24, 2.45) is 0 Å². The maximum absolute atomic E-state index is 10.8. The first kappa shape index (κ1) is 13.4. The third-order valence-corrected chi connectivity index (χ3v) is 2.23. The lowest BCUT2D eigenvalue weighted by atomic mass is 10.2. The van der Waals surface area contributed by atoms with Crippen molar-refractivity contribution in [3.05, 3.63) is 23.9 Å². The van der Waals surface area contributed by atoms with Gasteiger partial charge in [0, 0.05) is 26.9 Å². The highest BCUT2D eigenvalue weighted by molar-refractivity contribution is 5.88. The molecular formula is C11H16N2O4. The van der Waals surface area contributed by atoms with Crippen LogP contribution in [-0.2, 0) is 4.74 Å². The first-order valence-electron chi connectivity index (χ1n) is 5.12. The Morgan fingerprint density at radius 3 is 2.94 bits per heavy atom. The number of aliphatic hydroxyl groups is 1. The van der Waals surface area contributed by atoms with Crippen LogP contribution in [0.5, 0.6) is 0 Å². The molecule has 1 rings (SSSR count). The van der Waals surface area contributed by atoms with Gasteiger partial charge in [0.25, 0.3) is 0 Å². The van der Waals surface area contributed by atoms with E-state index >= 15 is 0 Å². The molecule has 6 nitrogen and oxygen atoms in total. The number of carboxylic acids is 1. The minimum absolute atomic E-state index is 0.170. The van der Waals surface area contributed by atoms with Gasteiger partial charge in [0.2, 0.25) is 0 Å². The number of nitrogens with zero attached hydrogens (tertiary/aromatic N) is 2. The van der Waals surface area contributed by atoms with E-state index < -0.39 is 12.1 Å². The van der Waals surface area contributed by atoms with Gasteiger partial charge in [-0.25, -0.2) is 9.78 Å². The van der Waals surface area contributed by atoms with Gasteiger partial charge in [0.05, 0.1) is 18.3 Å². The Labute approximate surface area is 99.5 Å². The molecule has 0 aliphatic carbocycles. The van der Waals surface area contributed by atoms with E-state index in [0.717, 1.165) is 0 Å². The molecule has 94 valence electrons. The average Bonchev–Trinajstić information content (AvgIpc) is 2.29. The van der Waals surface area contributed by atoms with Gasteiger partial charge in [0.1, 0.15) is 5.82 Å². The number of hydrogen-bond acceptors (Lipinski definition) is 5. The summed E-state index contributed by atoms with van der Waals surface area (Å²) in [6.45, 7) is 0.548. The number of methoxy groups -OCH3 is 1. The molecule has 0 saturated heterocycles. The van der Waals surface area contributed by atoms with Crippen LogP contribution in [-0.4, -0.2) is 54.6 Å². The van der Waals surface area contributed by atoms with Gasteiger partial charge >= 0.3 is 5.97 Å². The molecule has 0 spiro atoms. The van der Waals surface area contributed by atoms with Crippen molar-refractivity contribution in [1.82, 2.24) is 4.98 Å². The van der Waals surface area contributed by atoms with Crippen LogP contribution < -0.4 is 4.90 Å². The molecule has 0 saturated carbocycles. The molecule has 0 bridgehead atoms. The van der Waals surface area contributed by atoms with Gasteiger partial charge in [-0.1, -0.05) is 0 Å². The lowest BCUT2D eigenvalue weighted by molar-refractivity contribution is 0.0694. The highest BCUT2D eigenvalue weighted by atomic mass is 16.5. The Balaban J connectivity index is 2.71. The maximum Gasteiger partial charge on any atom is 0.335 e. The SMILES string of the molecule is COCC(O)CN(C)c1cc(C(=O)O)ccn1. The second-order valence-electron chi connectivity index (χ2n) is 3.70. The zero-order valence-corrected chi connectivity index (χ0v) is 9.83. The van der Waals surface area contributed by atoms with Gasteiger partial charge in [-0.05, 0) is 12.1 Å². The molecule has 0 radical (unpaired) electrons. The molecule has 1 atom stereocenters. The van der Waals surface area contributed by atoms with Crippen molar-refractivity contribution < 1.29 is 19.7 Å². The number of hydrogen-bond donors (Lipinski definition) is 2. The summed E-state index contributed by atoms with van der Waals surface area (Å²) in [5, 5.41) is 18.4. The zero-order valence-electron chi connectivity index (χ0n) is 9.83. The molecule has 0 amide bonds. The van der Waals surface area contributed by atoms with E-state index in [1.165, 1.54) is 25.4 Å². The average molecular weight is 240 g/mol. The van der Waals surface area contributed by atoms with E-state index in [1.54, 1.807) is 11.9 Å². The summed E-state index contributed by atoms with van der Waals surface area (Å²) in [4.78, 5) is 16.5. The summed E-state index contributed by atoms with van der Waals surface area (Å²) in [5.74, 6) is -0.500. The molecule has 1 heterocycles. The lowest BCUT2D eigenvalue weighted by Crippen LogP contribution is -2.32. The van der Waals surface area contributed by atoms with Gasteiger partial charge < -0.3 is 19.8 Å². The number of likely N-dealkylation sites (N-methyl/N-ethyl adjacent to an activating group) is 1. The standard InChI is InChI=1S/C11H16N2O4/c1-13(6-9(14)7-17-2)10-5-8(11(15)16)3-4-12-10/h3-5,9,14H,6-7H2,1-2H3,(H,15,16). The fourth-order valence-electron chi connectivity index (χ4n) is 1.41. The largest absolute Gasteiger partial charge is 0.478 e. The van der Waals surface area contributed by atoms with Gasteiger partial charge in [0.15, 0.2) is 0 Å². The first-order valence-corrected chi connectivity index (χ1v) is 5.12. The van der Waals surface area contributed by atoms with Gasteiger partial charge in [-0.3, -0.25) is 0 Å². The summed E-state index contributed by atoms with van der Waals surface area (Å²) in [5.41, 5.74) is 0.170. The monoisotopic (exact) mass is 240 g/mol. The first-order chi connectivity index (χ1) is 8.04. The van der Waals surface area contributed by atoms with Crippen molar-refractivity contribution >= 4 is 11.8 Å². The molecular weight excluding hydrogens is 224 g/mol. The molecule has 1 aromatic heterocycles. The van der Waals surface area contributed by atoms with Crippen molar-refractivity contribution in [2.45, 2.75) is 6.10 Å². The van der Waals surface area contributed by atoms with Gasteiger partial charge in [-0.15, -0.1) is 0 Å². The molecule has 0 aliphatic rings. The predicted molar refractivity (Wildman–Crippen MR) is 62.3 cm³/mol. The van der Waals surface area contributed by atoms with Crippen molar-refractivity contribution in [3.63, 3.8) is 0 Å². The van der Waals surface area contributed by atoms with Crippen LogP contribution in [0.2, 0.25) is 0 Å². The summed E-state index contributed by atoms with van der Waals surface area (Å²) >= 11 is 0. The Hall–Kier alpha value is -1.66. The van der Waals surface area contributed by atoms with Crippen molar-refractivity contribution in [3.8, 4) is 0 Å². The Kier molecular flexibility index (Phi) is 4.86. The molecule has 2 N–H and O–H groups in total. The van der Waals surface area contributed by atoms with E-state index in [9.17, 15) is 9.90 Å². The highest BCUT2D eigenvalue weighted by Crippen LogP contribution is 2.11. The fraction of sp³-hybridized carbons (Fsp3) is 0.455. The number of aromatic carboxylic acids is 1. The molecule has 0 fully saturated rings. The van der Waals surface area contributed by atoms with E-state index in [2.05, 4.69) is 4.98 Å². The lowest BCUT2D eigenvalue weighted by Gasteiger charge is -2.21. The number of carboxylic acid groups (broad SMARTS) is 1. The Morgan fingerprint density at radius 1 is 1.65 bits per heavy atom. The molecule has 1 aromatic rings. The second-order valence-corrected chi connectivity index (χ2v) is 3.70. The van der Waals surface area contributed by atoms with E-state index in [-0.39, 0.29) is 12.2 Å². The number of aromatic nitrogens is 1. The summed E-state index contributed by atoms with van der Waals surface area (Å²) in [6, 6.07) is 2.88. The number of ether oxygens (including phenoxy) is 1.